The molecule has 0 aromatic heterocycles. The average molecular weight is 466 g/mol. The number of carbonyl (C=O) groups excluding carboxylic acids is 2. The molecule has 0 spiro atoms. The van der Waals surface area contributed by atoms with Crippen molar-refractivity contribution in [2.24, 2.45) is 4.99 Å². The fourth-order valence-electron chi connectivity index (χ4n) is 3.24. The Hall–Kier alpha value is -3.32. The number of nitrogens with zero attached hydrogens (tertiary/aromatic N) is 2. The first-order chi connectivity index (χ1) is 14.5. The largest absolute Gasteiger partial charge is 0.322 e. The van der Waals surface area contributed by atoms with E-state index in [1.165, 1.54) is 17.0 Å². The normalized spacial score (nSPS) is 13.3. The molecule has 5 nitrogen and oxygen atoms in total. The number of carbonyl (C=O) groups is 2. The van der Waals surface area contributed by atoms with Crippen molar-refractivity contribution < 1.29 is 14.0 Å². The molecule has 30 heavy (non-hydrogen) atoms. The third-order valence-corrected chi connectivity index (χ3v) is 5.15. The zero-order valence-electron chi connectivity index (χ0n) is 15.8. The van der Waals surface area contributed by atoms with Crippen LogP contribution in [0.25, 0.3) is 0 Å². The molecule has 0 atom stereocenters. The molecule has 0 aliphatic carbocycles. The smallest absolute Gasteiger partial charge is 0.244 e. The third kappa shape index (κ3) is 4.31. The van der Waals surface area contributed by atoms with Gasteiger partial charge in [0.1, 0.15) is 12.4 Å². The first-order valence-electron chi connectivity index (χ1n) is 9.28. The number of benzene rings is 3. The summed E-state index contributed by atoms with van der Waals surface area (Å²) in [5, 5.41) is 2.53. The van der Waals surface area contributed by atoms with E-state index in [4.69, 9.17) is 0 Å². The van der Waals surface area contributed by atoms with Gasteiger partial charge in [-0.15, -0.1) is 0 Å². The molecule has 7 heteroatoms. The Morgan fingerprint density at radius 1 is 1.07 bits per heavy atom. The Kier molecular flexibility index (Phi) is 5.72. The van der Waals surface area contributed by atoms with Crippen molar-refractivity contribution in [1.82, 2.24) is 0 Å². The van der Waals surface area contributed by atoms with Gasteiger partial charge in [0.25, 0.3) is 0 Å². The molecule has 3 aromatic rings. The average Bonchev–Trinajstić information content (AvgIpc) is 2.88. The van der Waals surface area contributed by atoms with Gasteiger partial charge in [0, 0.05) is 4.47 Å². The van der Waals surface area contributed by atoms with Crippen LogP contribution in [0.4, 0.5) is 21.5 Å². The number of aliphatic imine (C=N–C) groups is 1. The van der Waals surface area contributed by atoms with Gasteiger partial charge in [-0.25, -0.2) is 4.39 Å². The predicted molar refractivity (Wildman–Crippen MR) is 119 cm³/mol. The molecule has 4 rings (SSSR count). The summed E-state index contributed by atoms with van der Waals surface area (Å²) in [5.41, 5.74) is 2.68. The molecule has 0 radical (unpaired) electrons. The topological polar surface area (TPSA) is 61.8 Å². The van der Waals surface area contributed by atoms with Gasteiger partial charge in [-0.3, -0.25) is 14.6 Å². The van der Waals surface area contributed by atoms with Gasteiger partial charge in [-0.1, -0.05) is 58.4 Å². The second-order valence-electron chi connectivity index (χ2n) is 6.74. The number of rotatable bonds is 4. The highest BCUT2D eigenvalue weighted by Gasteiger charge is 2.26. The Bertz CT molecular complexity index is 1150. The van der Waals surface area contributed by atoms with Gasteiger partial charge >= 0.3 is 0 Å². The summed E-state index contributed by atoms with van der Waals surface area (Å²) in [6, 6.07) is 21.0. The van der Waals surface area contributed by atoms with Crippen LogP contribution >= 0.6 is 15.9 Å². The van der Waals surface area contributed by atoms with E-state index in [0.717, 1.165) is 5.56 Å². The maximum absolute atomic E-state index is 14.1. The molecule has 1 N–H and O–H groups in total. The minimum absolute atomic E-state index is 0.0542. The van der Waals surface area contributed by atoms with Gasteiger partial charge in [0.2, 0.25) is 11.8 Å². The number of hydrogen-bond acceptors (Lipinski definition) is 3. The minimum atomic E-state index is -0.560. The predicted octanol–water partition coefficient (Wildman–Crippen LogP) is 5.08. The molecular formula is C23H17BrFN3O2. The fraction of sp³-hybridized carbons (Fsp3) is 0.0870. The van der Waals surface area contributed by atoms with Crippen LogP contribution in [0.1, 0.15) is 12.0 Å². The van der Waals surface area contributed by atoms with Crippen LogP contribution in [-0.4, -0.2) is 24.1 Å². The van der Waals surface area contributed by atoms with Gasteiger partial charge in [0.05, 0.1) is 29.2 Å². The van der Waals surface area contributed by atoms with E-state index in [0.29, 0.717) is 21.6 Å². The van der Waals surface area contributed by atoms with E-state index in [1.807, 2.05) is 36.4 Å². The lowest BCUT2D eigenvalue weighted by atomic mass is 10.1. The molecular weight excluding hydrogens is 449 g/mol. The Balaban J connectivity index is 1.60. The summed E-state index contributed by atoms with van der Waals surface area (Å²) in [5.74, 6) is -1.31. The van der Waals surface area contributed by atoms with E-state index in [2.05, 4.69) is 26.2 Å². The van der Waals surface area contributed by atoms with Crippen molar-refractivity contribution in [1.29, 1.82) is 0 Å². The minimum Gasteiger partial charge on any atom is -0.322 e. The van der Waals surface area contributed by atoms with Gasteiger partial charge in [0.15, 0.2) is 0 Å². The highest BCUT2D eigenvalue weighted by molar-refractivity contribution is 9.10. The van der Waals surface area contributed by atoms with Gasteiger partial charge in [-0.05, 0) is 35.9 Å². The number of amides is 2. The summed E-state index contributed by atoms with van der Waals surface area (Å²) in [7, 11) is 0. The number of anilines is 2. The molecule has 0 fully saturated rings. The van der Waals surface area contributed by atoms with Crippen molar-refractivity contribution in [3.8, 4) is 0 Å². The molecule has 0 unspecified atom stereocenters. The van der Waals surface area contributed by atoms with Crippen LogP contribution in [0.2, 0.25) is 0 Å². The molecule has 1 aliphatic heterocycles. The van der Waals surface area contributed by atoms with E-state index < -0.39 is 11.7 Å². The summed E-state index contributed by atoms with van der Waals surface area (Å²) < 4.78 is 14.6. The quantitative estimate of drug-likeness (QED) is 0.583. The number of para-hydroxylation sites is 2. The SMILES string of the molecule is O=C(CN1C(=O)CC(c2ccccc2)=Nc2ccccc21)Nc1ccc(Br)cc1F. The van der Waals surface area contributed by atoms with E-state index in [-0.39, 0.29) is 24.6 Å². The number of nitrogens with one attached hydrogen (secondary N) is 1. The second kappa shape index (κ2) is 8.59. The molecule has 0 saturated heterocycles. The Labute approximate surface area is 181 Å². The van der Waals surface area contributed by atoms with Crippen LogP contribution in [0, 0.1) is 5.82 Å². The van der Waals surface area contributed by atoms with Gasteiger partial charge < -0.3 is 10.2 Å². The number of fused-ring (bicyclic) bond motifs is 1. The van der Waals surface area contributed by atoms with Crippen LogP contribution in [0.3, 0.4) is 0 Å². The number of halogens is 2. The summed E-state index contributed by atoms with van der Waals surface area (Å²) >= 11 is 3.18. The molecule has 0 bridgehead atoms. The Morgan fingerprint density at radius 3 is 2.57 bits per heavy atom. The summed E-state index contributed by atoms with van der Waals surface area (Å²) in [6.07, 6.45) is 0.0542. The van der Waals surface area contributed by atoms with Gasteiger partial charge in [-0.2, -0.15) is 0 Å². The van der Waals surface area contributed by atoms with Crippen molar-refractivity contribution >= 4 is 50.5 Å². The highest BCUT2D eigenvalue weighted by atomic mass is 79.9. The van der Waals surface area contributed by atoms with Crippen LogP contribution in [0.5, 0.6) is 0 Å². The lowest BCUT2D eigenvalue weighted by Crippen LogP contribution is -2.38. The van der Waals surface area contributed by atoms with Crippen LogP contribution < -0.4 is 10.2 Å². The van der Waals surface area contributed by atoms with Crippen LogP contribution in [-0.2, 0) is 9.59 Å². The second-order valence-corrected chi connectivity index (χ2v) is 7.66. The third-order valence-electron chi connectivity index (χ3n) is 4.66. The highest BCUT2D eigenvalue weighted by Crippen LogP contribution is 2.33. The lowest BCUT2D eigenvalue weighted by Gasteiger charge is -2.22. The first kappa shape index (κ1) is 20.0. The van der Waals surface area contributed by atoms with Crippen molar-refractivity contribution in [3.63, 3.8) is 0 Å². The van der Waals surface area contributed by atoms with Crippen LogP contribution in [0.15, 0.2) is 82.3 Å². The standard InChI is InChI=1S/C23H17BrFN3O2/c24-16-10-11-18(17(25)12-16)27-22(29)14-28-21-9-5-4-8-19(21)26-20(13-23(28)30)15-6-2-1-3-7-15/h1-12H,13-14H2,(H,27,29). The van der Waals surface area contributed by atoms with Crippen molar-refractivity contribution in [2.45, 2.75) is 6.42 Å². The maximum Gasteiger partial charge on any atom is 0.244 e. The van der Waals surface area contributed by atoms with E-state index in [9.17, 15) is 14.0 Å². The fourth-order valence-corrected chi connectivity index (χ4v) is 3.57. The Morgan fingerprint density at radius 2 is 1.80 bits per heavy atom. The molecule has 2 amide bonds. The molecule has 3 aromatic carbocycles. The molecule has 1 heterocycles. The molecule has 150 valence electrons. The zero-order chi connectivity index (χ0) is 21.1. The summed E-state index contributed by atoms with van der Waals surface area (Å²) in [6.45, 7) is -0.247. The van der Waals surface area contributed by atoms with E-state index >= 15 is 0 Å². The summed E-state index contributed by atoms with van der Waals surface area (Å²) in [4.78, 5) is 31.7. The molecule has 0 saturated carbocycles. The lowest BCUT2D eigenvalue weighted by molar-refractivity contribution is -0.120. The maximum atomic E-state index is 14.1. The van der Waals surface area contributed by atoms with E-state index in [1.54, 1.807) is 24.3 Å². The molecule has 1 aliphatic rings. The van der Waals surface area contributed by atoms with Crippen molar-refractivity contribution in [3.05, 3.63) is 88.6 Å². The first-order valence-corrected chi connectivity index (χ1v) is 10.1. The van der Waals surface area contributed by atoms with Crippen molar-refractivity contribution in [2.75, 3.05) is 16.8 Å². The zero-order valence-corrected chi connectivity index (χ0v) is 17.4. The number of hydrogen-bond donors (Lipinski definition) is 1. The monoisotopic (exact) mass is 465 g/mol.